The highest BCUT2D eigenvalue weighted by molar-refractivity contribution is 5.91. The third-order valence-corrected chi connectivity index (χ3v) is 2.62. The van der Waals surface area contributed by atoms with Crippen LogP contribution in [0.5, 0.6) is 0 Å². The van der Waals surface area contributed by atoms with Gasteiger partial charge in [0.15, 0.2) is 5.69 Å². The summed E-state index contributed by atoms with van der Waals surface area (Å²) < 4.78 is 5.25. The number of ether oxygens (including phenoxy) is 1. The van der Waals surface area contributed by atoms with E-state index in [0.29, 0.717) is 12.2 Å². The standard InChI is InChI=1S/C11H16N4O2/c16-11(10-2-1-3-13-14-10)12-4-5-15-6-8-17-9-7-15/h1-3H,4-9H2,(H,12,16). The molecule has 1 aliphatic rings. The Morgan fingerprint density at radius 2 is 2.29 bits per heavy atom. The Morgan fingerprint density at radius 1 is 1.47 bits per heavy atom. The molecule has 1 aliphatic heterocycles. The number of nitrogens with one attached hydrogen (secondary N) is 1. The van der Waals surface area contributed by atoms with E-state index in [-0.39, 0.29) is 5.91 Å². The van der Waals surface area contributed by atoms with Crippen molar-refractivity contribution < 1.29 is 9.53 Å². The van der Waals surface area contributed by atoms with Crippen molar-refractivity contribution in [2.24, 2.45) is 0 Å². The highest BCUT2D eigenvalue weighted by Crippen LogP contribution is 1.95. The van der Waals surface area contributed by atoms with Crippen LogP contribution in [0, 0.1) is 0 Å². The Labute approximate surface area is 100.0 Å². The lowest BCUT2D eigenvalue weighted by Crippen LogP contribution is -2.41. The summed E-state index contributed by atoms with van der Waals surface area (Å²) in [5.74, 6) is -0.175. The molecule has 1 N–H and O–H groups in total. The lowest BCUT2D eigenvalue weighted by Gasteiger charge is -2.26. The number of aromatic nitrogens is 2. The van der Waals surface area contributed by atoms with Crippen LogP contribution in [0.25, 0.3) is 0 Å². The molecule has 2 heterocycles. The maximum absolute atomic E-state index is 11.6. The van der Waals surface area contributed by atoms with Gasteiger partial charge in [-0.05, 0) is 12.1 Å². The fraction of sp³-hybridized carbons (Fsp3) is 0.545. The van der Waals surface area contributed by atoms with E-state index in [1.807, 2.05) is 0 Å². The minimum absolute atomic E-state index is 0.175. The van der Waals surface area contributed by atoms with Gasteiger partial charge in [-0.15, -0.1) is 5.10 Å². The maximum atomic E-state index is 11.6. The lowest BCUT2D eigenvalue weighted by molar-refractivity contribution is 0.0383. The lowest BCUT2D eigenvalue weighted by atomic mass is 10.3. The van der Waals surface area contributed by atoms with Crippen molar-refractivity contribution in [3.63, 3.8) is 0 Å². The van der Waals surface area contributed by atoms with E-state index in [4.69, 9.17) is 4.74 Å². The molecule has 0 aliphatic carbocycles. The molecule has 1 saturated heterocycles. The molecule has 2 rings (SSSR count). The van der Waals surface area contributed by atoms with Gasteiger partial charge in [0, 0.05) is 32.4 Å². The minimum Gasteiger partial charge on any atom is -0.379 e. The van der Waals surface area contributed by atoms with Crippen molar-refractivity contribution in [2.45, 2.75) is 0 Å². The van der Waals surface area contributed by atoms with E-state index >= 15 is 0 Å². The zero-order chi connectivity index (χ0) is 11.9. The van der Waals surface area contributed by atoms with Crippen molar-refractivity contribution in [3.8, 4) is 0 Å². The van der Waals surface area contributed by atoms with Crippen molar-refractivity contribution in [2.75, 3.05) is 39.4 Å². The second-order valence-corrected chi connectivity index (χ2v) is 3.82. The van der Waals surface area contributed by atoms with E-state index in [1.165, 1.54) is 0 Å². The average Bonchev–Trinajstić information content (AvgIpc) is 2.41. The Balaban J connectivity index is 1.69. The monoisotopic (exact) mass is 236 g/mol. The van der Waals surface area contributed by atoms with Gasteiger partial charge in [-0.25, -0.2) is 0 Å². The van der Waals surface area contributed by atoms with Crippen LogP contribution in [0.3, 0.4) is 0 Å². The van der Waals surface area contributed by atoms with Gasteiger partial charge in [-0.3, -0.25) is 9.69 Å². The molecule has 17 heavy (non-hydrogen) atoms. The molecule has 0 aromatic carbocycles. The molecule has 1 aromatic heterocycles. The number of rotatable bonds is 4. The van der Waals surface area contributed by atoms with E-state index in [2.05, 4.69) is 20.4 Å². The van der Waals surface area contributed by atoms with Gasteiger partial charge in [-0.1, -0.05) is 0 Å². The Bertz CT molecular complexity index is 352. The first-order chi connectivity index (χ1) is 8.36. The first-order valence-electron chi connectivity index (χ1n) is 5.72. The molecule has 92 valence electrons. The summed E-state index contributed by atoms with van der Waals surface area (Å²) in [6, 6.07) is 3.35. The summed E-state index contributed by atoms with van der Waals surface area (Å²) in [4.78, 5) is 13.9. The van der Waals surface area contributed by atoms with Gasteiger partial charge in [0.25, 0.3) is 5.91 Å². The van der Waals surface area contributed by atoms with Gasteiger partial charge in [0.2, 0.25) is 0 Å². The van der Waals surface area contributed by atoms with Gasteiger partial charge >= 0.3 is 0 Å². The molecule has 1 fully saturated rings. The van der Waals surface area contributed by atoms with Crippen molar-refractivity contribution >= 4 is 5.91 Å². The molecule has 0 atom stereocenters. The highest BCUT2D eigenvalue weighted by atomic mass is 16.5. The second-order valence-electron chi connectivity index (χ2n) is 3.82. The third kappa shape index (κ3) is 3.76. The van der Waals surface area contributed by atoms with E-state index in [9.17, 15) is 4.79 Å². The topological polar surface area (TPSA) is 67.4 Å². The van der Waals surface area contributed by atoms with Crippen LogP contribution in [-0.2, 0) is 4.74 Å². The molecule has 0 spiro atoms. The quantitative estimate of drug-likeness (QED) is 0.766. The number of carbonyl (C=O) groups excluding carboxylic acids is 1. The first kappa shape index (κ1) is 11.9. The van der Waals surface area contributed by atoms with Gasteiger partial charge in [0.05, 0.1) is 13.2 Å². The summed E-state index contributed by atoms with van der Waals surface area (Å²) in [6.45, 7) is 4.88. The molecule has 0 radical (unpaired) electrons. The molecule has 1 amide bonds. The first-order valence-corrected chi connectivity index (χ1v) is 5.72. The normalized spacial score (nSPS) is 16.7. The Morgan fingerprint density at radius 3 is 3.00 bits per heavy atom. The molecule has 1 aromatic rings. The molecule has 6 nitrogen and oxygen atoms in total. The number of carbonyl (C=O) groups is 1. The van der Waals surface area contributed by atoms with Crippen LogP contribution < -0.4 is 5.32 Å². The molecular formula is C11H16N4O2. The molecule has 0 unspecified atom stereocenters. The second kappa shape index (κ2) is 6.27. The van der Waals surface area contributed by atoms with Gasteiger partial charge in [0.1, 0.15) is 0 Å². The number of amides is 1. The van der Waals surface area contributed by atoms with E-state index in [1.54, 1.807) is 18.3 Å². The number of morpholine rings is 1. The van der Waals surface area contributed by atoms with E-state index < -0.39 is 0 Å². The van der Waals surface area contributed by atoms with Crippen LogP contribution in [0.4, 0.5) is 0 Å². The van der Waals surface area contributed by atoms with Crippen molar-refractivity contribution in [1.29, 1.82) is 0 Å². The number of nitrogens with zero attached hydrogens (tertiary/aromatic N) is 3. The molecule has 0 bridgehead atoms. The fourth-order valence-corrected chi connectivity index (χ4v) is 1.67. The number of hydrogen-bond acceptors (Lipinski definition) is 5. The van der Waals surface area contributed by atoms with Crippen molar-refractivity contribution in [3.05, 3.63) is 24.0 Å². The van der Waals surface area contributed by atoms with Gasteiger partial charge < -0.3 is 10.1 Å². The smallest absolute Gasteiger partial charge is 0.271 e. The third-order valence-electron chi connectivity index (χ3n) is 2.62. The SMILES string of the molecule is O=C(NCCN1CCOCC1)c1cccnn1. The van der Waals surface area contributed by atoms with E-state index in [0.717, 1.165) is 32.8 Å². The minimum atomic E-state index is -0.175. The highest BCUT2D eigenvalue weighted by Gasteiger charge is 2.11. The van der Waals surface area contributed by atoms with Crippen LogP contribution in [0.1, 0.15) is 10.5 Å². The predicted molar refractivity (Wildman–Crippen MR) is 61.6 cm³/mol. The molecule has 6 heteroatoms. The zero-order valence-electron chi connectivity index (χ0n) is 9.63. The summed E-state index contributed by atoms with van der Waals surface area (Å²) in [6.07, 6.45) is 1.55. The summed E-state index contributed by atoms with van der Waals surface area (Å²) in [5, 5.41) is 10.2. The van der Waals surface area contributed by atoms with Crippen LogP contribution in [-0.4, -0.2) is 60.4 Å². The maximum Gasteiger partial charge on any atom is 0.271 e. The van der Waals surface area contributed by atoms with Crippen LogP contribution in [0.2, 0.25) is 0 Å². The molecular weight excluding hydrogens is 220 g/mol. The van der Waals surface area contributed by atoms with Crippen molar-refractivity contribution in [1.82, 2.24) is 20.4 Å². The van der Waals surface area contributed by atoms with Gasteiger partial charge in [-0.2, -0.15) is 5.10 Å². The van der Waals surface area contributed by atoms with Crippen LogP contribution in [0.15, 0.2) is 18.3 Å². The fourth-order valence-electron chi connectivity index (χ4n) is 1.67. The Kier molecular flexibility index (Phi) is 4.40. The summed E-state index contributed by atoms with van der Waals surface area (Å²) >= 11 is 0. The predicted octanol–water partition coefficient (Wildman–Crippen LogP) is -0.461. The zero-order valence-corrected chi connectivity index (χ0v) is 9.63. The number of hydrogen-bond donors (Lipinski definition) is 1. The Hall–Kier alpha value is -1.53. The summed E-state index contributed by atoms with van der Waals surface area (Å²) in [5.41, 5.74) is 0.356. The average molecular weight is 236 g/mol. The largest absolute Gasteiger partial charge is 0.379 e. The molecule has 0 saturated carbocycles. The van der Waals surface area contributed by atoms with Crippen LogP contribution >= 0.6 is 0 Å². The summed E-state index contributed by atoms with van der Waals surface area (Å²) in [7, 11) is 0.